The number of amides is 1. The fourth-order valence-corrected chi connectivity index (χ4v) is 6.03. The van der Waals surface area contributed by atoms with Gasteiger partial charge in [-0.05, 0) is 17.2 Å². The normalized spacial score (nSPS) is 27.6. The molecule has 2 fully saturated rings. The fourth-order valence-electron chi connectivity index (χ4n) is 6.03. The van der Waals surface area contributed by atoms with E-state index in [-0.39, 0.29) is 30.2 Å². The molecule has 0 bridgehead atoms. The highest BCUT2D eigenvalue weighted by molar-refractivity contribution is 5.85. The Morgan fingerprint density at radius 3 is 2.24 bits per heavy atom. The maximum atomic E-state index is 14.9. The molecule has 4 unspecified atom stereocenters. The van der Waals surface area contributed by atoms with Crippen LogP contribution in [0.15, 0.2) is 67.3 Å². The predicted molar refractivity (Wildman–Crippen MR) is 139 cm³/mol. The molecule has 0 saturated carbocycles. The molecule has 0 aliphatic carbocycles. The molecule has 9 heteroatoms. The van der Waals surface area contributed by atoms with Crippen molar-refractivity contribution in [3.05, 3.63) is 90.0 Å². The van der Waals surface area contributed by atoms with Crippen LogP contribution in [0.5, 0.6) is 0 Å². The molecular formula is C28H31ClF2N4O2. The Labute approximate surface area is 221 Å². The maximum Gasteiger partial charge on any atom is 0.228 e. The molecule has 4 atom stereocenters. The minimum atomic E-state index is -1.05. The summed E-state index contributed by atoms with van der Waals surface area (Å²) in [6, 6.07) is 13.1. The monoisotopic (exact) mass is 528 g/mol. The van der Waals surface area contributed by atoms with Gasteiger partial charge < -0.3 is 14.9 Å². The van der Waals surface area contributed by atoms with Gasteiger partial charge in [0.05, 0.1) is 29.6 Å². The van der Waals surface area contributed by atoms with E-state index in [1.807, 2.05) is 49.1 Å². The topological polar surface area (TPSA) is 69.6 Å². The molecule has 196 valence electrons. The number of halogens is 3. The number of hydrogen-bond donors (Lipinski definition) is 1. The first-order valence-electron chi connectivity index (χ1n) is 12.3. The molecule has 3 heterocycles. The highest BCUT2D eigenvalue weighted by Crippen LogP contribution is 2.43. The highest BCUT2D eigenvalue weighted by Gasteiger charge is 2.49. The van der Waals surface area contributed by atoms with Gasteiger partial charge in [-0.3, -0.25) is 4.79 Å². The van der Waals surface area contributed by atoms with Crippen LogP contribution in [-0.4, -0.2) is 52.1 Å². The molecule has 2 aliphatic heterocycles. The summed E-state index contributed by atoms with van der Waals surface area (Å²) in [5.74, 6) is -2.78. The Kier molecular flexibility index (Phi) is 7.80. The number of piperidine rings is 1. The molecule has 5 rings (SSSR count). The predicted octanol–water partition coefficient (Wildman–Crippen LogP) is 4.40. The molecule has 2 aliphatic rings. The van der Waals surface area contributed by atoms with Crippen molar-refractivity contribution in [2.24, 2.45) is 17.8 Å². The zero-order valence-electron chi connectivity index (χ0n) is 20.8. The van der Waals surface area contributed by atoms with Crippen LogP contribution in [0.1, 0.15) is 30.9 Å². The van der Waals surface area contributed by atoms with Crippen LogP contribution in [-0.2, 0) is 10.4 Å². The lowest BCUT2D eigenvalue weighted by Crippen LogP contribution is -2.57. The van der Waals surface area contributed by atoms with Gasteiger partial charge in [0.15, 0.2) is 0 Å². The lowest BCUT2D eigenvalue weighted by Gasteiger charge is -2.48. The van der Waals surface area contributed by atoms with Crippen molar-refractivity contribution in [3.8, 4) is 0 Å². The summed E-state index contributed by atoms with van der Waals surface area (Å²) in [4.78, 5) is 25.9. The zero-order chi connectivity index (χ0) is 25.4. The van der Waals surface area contributed by atoms with E-state index in [2.05, 4.69) is 9.97 Å². The molecule has 6 nitrogen and oxygen atoms in total. The van der Waals surface area contributed by atoms with E-state index in [0.29, 0.717) is 31.7 Å². The minimum absolute atomic E-state index is 0. The van der Waals surface area contributed by atoms with Gasteiger partial charge in [0.2, 0.25) is 5.91 Å². The third kappa shape index (κ3) is 4.92. The SMILES string of the molecule is CC1CN(C(=O)C2CN(c3cncnc3)CC2c2ccc(F)cc2F)CC(C)C1(O)c1ccccc1.Cl. The number of carbonyl (C=O) groups excluding carboxylic acids is 1. The molecule has 37 heavy (non-hydrogen) atoms. The van der Waals surface area contributed by atoms with Crippen molar-refractivity contribution >= 4 is 24.0 Å². The summed E-state index contributed by atoms with van der Waals surface area (Å²) in [5, 5.41) is 11.7. The summed E-state index contributed by atoms with van der Waals surface area (Å²) in [7, 11) is 0. The van der Waals surface area contributed by atoms with Crippen molar-refractivity contribution in [1.29, 1.82) is 0 Å². The molecule has 2 aromatic carbocycles. The number of aliphatic hydroxyl groups is 1. The summed E-state index contributed by atoms with van der Waals surface area (Å²) >= 11 is 0. The van der Waals surface area contributed by atoms with Crippen molar-refractivity contribution in [1.82, 2.24) is 14.9 Å². The maximum absolute atomic E-state index is 14.9. The number of carbonyl (C=O) groups is 1. The number of rotatable bonds is 4. The average molecular weight is 529 g/mol. The second-order valence-electron chi connectivity index (χ2n) is 10.1. The first-order chi connectivity index (χ1) is 17.3. The molecule has 2 saturated heterocycles. The van der Waals surface area contributed by atoms with Gasteiger partial charge in [0.1, 0.15) is 18.0 Å². The van der Waals surface area contributed by atoms with Crippen molar-refractivity contribution in [3.63, 3.8) is 0 Å². The number of nitrogens with zero attached hydrogens (tertiary/aromatic N) is 4. The van der Waals surface area contributed by atoms with Gasteiger partial charge in [-0.15, -0.1) is 12.4 Å². The summed E-state index contributed by atoms with van der Waals surface area (Å²) in [6.07, 6.45) is 4.77. The second kappa shape index (κ2) is 10.7. The van der Waals surface area contributed by atoms with Crippen molar-refractivity contribution in [2.75, 3.05) is 31.1 Å². The van der Waals surface area contributed by atoms with Crippen LogP contribution >= 0.6 is 12.4 Å². The van der Waals surface area contributed by atoms with E-state index in [9.17, 15) is 18.7 Å². The van der Waals surface area contributed by atoms with E-state index < -0.39 is 29.1 Å². The molecule has 3 aromatic rings. The Balaban J connectivity index is 0.00000320. The Morgan fingerprint density at radius 1 is 0.973 bits per heavy atom. The molecule has 1 amide bonds. The van der Waals surface area contributed by atoms with Crippen LogP contribution < -0.4 is 4.90 Å². The smallest absolute Gasteiger partial charge is 0.228 e. The zero-order valence-corrected chi connectivity index (χ0v) is 21.6. The number of likely N-dealkylation sites (tertiary alicyclic amines) is 1. The van der Waals surface area contributed by atoms with Gasteiger partial charge in [-0.1, -0.05) is 50.2 Å². The Hall–Kier alpha value is -3.10. The highest BCUT2D eigenvalue weighted by atomic mass is 35.5. The van der Waals surface area contributed by atoms with Crippen LogP contribution in [0.25, 0.3) is 0 Å². The lowest BCUT2D eigenvalue weighted by molar-refractivity contribution is -0.152. The van der Waals surface area contributed by atoms with Crippen molar-refractivity contribution in [2.45, 2.75) is 25.4 Å². The lowest BCUT2D eigenvalue weighted by atomic mass is 9.70. The summed E-state index contributed by atoms with van der Waals surface area (Å²) in [6.45, 7) is 5.45. The minimum Gasteiger partial charge on any atom is -0.384 e. The van der Waals surface area contributed by atoms with E-state index in [0.717, 1.165) is 17.3 Å². The van der Waals surface area contributed by atoms with Gasteiger partial charge >= 0.3 is 0 Å². The molecule has 0 radical (unpaired) electrons. The van der Waals surface area contributed by atoms with Crippen molar-refractivity contribution < 1.29 is 18.7 Å². The average Bonchev–Trinajstić information content (AvgIpc) is 3.32. The Bertz CT molecular complexity index is 1220. The first kappa shape index (κ1) is 26.9. The fraction of sp³-hybridized carbons (Fsp3) is 0.393. The van der Waals surface area contributed by atoms with Gasteiger partial charge in [-0.25, -0.2) is 18.7 Å². The van der Waals surface area contributed by atoms with Crippen LogP contribution in [0.2, 0.25) is 0 Å². The summed E-state index contributed by atoms with van der Waals surface area (Å²) in [5.41, 5.74) is 0.871. The quantitative estimate of drug-likeness (QED) is 0.543. The molecule has 1 N–H and O–H groups in total. The van der Waals surface area contributed by atoms with E-state index >= 15 is 0 Å². The van der Waals surface area contributed by atoms with Gasteiger partial charge in [0, 0.05) is 50.0 Å². The third-order valence-electron chi connectivity index (χ3n) is 7.95. The molecule has 1 aromatic heterocycles. The standard InChI is InChI=1S/C28H30F2N4O2.ClH/c1-18-13-34(14-19(2)28(18,36)20-6-4-3-5-7-20)27(35)25-16-33(22-11-31-17-32-12-22)15-24(25)23-9-8-21(29)10-26(23)30;/h3-12,17-19,24-25,36H,13-16H2,1-2H3;1H. The second-order valence-corrected chi connectivity index (χ2v) is 10.1. The van der Waals surface area contributed by atoms with Crippen LogP contribution in [0.4, 0.5) is 14.5 Å². The first-order valence-corrected chi connectivity index (χ1v) is 12.3. The summed E-state index contributed by atoms with van der Waals surface area (Å²) < 4.78 is 28.5. The van der Waals surface area contributed by atoms with E-state index in [1.165, 1.54) is 18.5 Å². The van der Waals surface area contributed by atoms with Crippen LogP contribution in [0, 0.1) is 29.4 Å². The number of benzene rings is 2. The van der Waals surface area contributed by atoms with E-state index in [4.69, 9.17) is 0 Å². The number of hydrogen-bond acceptors (Lipinski definition) is 5. The number of anilines is 1. The molecular weight excluding hydrogens is 498 g/mol. The largest absolute Gasteiger partial charge is 0.384 e. The van der Waals surface area contributed by atoms with Gasteiger partial charge in [-0.2, -0.15) is 0 Å². The van der Waals surface area contributed by atoms with Gasteiger partial charge in [0.25, 0.3) is 0 Å². The molecule has 0 spiro atoms. The third-order valence-corrected chi connectivity index (χ3v) is 7.95. The van der Waals surface area contributed by atoms with E-state index in [1.54, 1.807) is 17.3 Å². The number of aromatic nitrogens is 2. The Morgan fingerprint density at radius 2 is 1.62 bits per heavy atom. The van der Waals surface area contributed by atoms with Crippen LogP contribution in [0.3, 0.4) is 0 Å².